The number of hydrogen-bond donors (Lipinski definition) is 1. The van der Waals surface area contributed by atoms with Crippen LogP contribution in [0.5, 0.6) is 0 Å². The van der Waals surface area contributed by atoms with E-state index in [1.54, 1.807) is 0 Å². The molecule has 3 rings (SSSR count). The first-order valence-corrected chi connectivity index (χ1v) is 8.97. The molecule has 2 aliphatic rings. The van der Waals surface area contributed by atoms with E-state index in [1.807, 2.05) is 36.2 Å². The van der Waals surface area contributed by atoms with E-state index in [0.717, 1.165) is 31.2 Å². The molecule has 1 aliphatic heterocycles. The number of nitrogens with one attached hydrogen (secondary N) is 1. The van der Waals surface area contributed by atoms with Crippen molar-refractivity contribution >= 4 is 23.5 Å². The summed E-state index contributed by atoms with van der Waals surface area (Å²) >= 11 is 6.01. The van der Waals surface area contributed by atoms with Crippen LogP contribution in [0.15, 0.2) is 29.3 Å². The zero-order valence-electron chi connectivity index (χ0n) is 14.3. The Labute approximate surface area is 148 Å². The number of piperazine rings is 1. The molecule has 6 heteroatoms. The van der Waals surface area contributed by atoms with Gasteiger partial charge in [0, 0.05) is 43.8 Å². The smallest absolute Gasteiger partial charge is 0.227 e. The third kappa shape index (κ3) is 4.20. The Kier molecular flexibility index (Phi) is 5.29. The summed E-state index contributed by atoms with van der Waals surface area (Å²) in [5.74, 6) is 1.13. The Morgan fingerprint density at radius 1 is 1.38 bits per heavy atom. The standard InChI is InChI=1S/C18H25ClN4O/c1-13-12-22(18(20-2)21-16-6-7-16)8-9-23(13)17(24)11-14-4-3-5-15(19)10-14/h3-5,10,13,16H,6-9,11-12H2,1-2H3,(H,20,21). The van der Waals surface area contributed by atoms with Crippen LogP contribution in [-0.4, -0.2) is 60.4 Å². The number of carbonyl (C=O) groups is 1. The molecule has 5 nitrogen and oxygen atoms in total. The molecule has 130 valence electrons. The molecule has 24 heavy (non-hydrogen) atoms. The summed E-state index contributed by atoms with van der Waals surface area (Å²) in [4.78, 5) is 21.3. The molecule has 1 aromatic carbocycles. The van der Waals surface area contributed by atoms with Gasteiger partial charge in [-0.2, -0.15) is 0 Å². The second-order valence-electron chi connectivity index (χ2n) is 6.65. The van der Waals surface area contributed by atoms with Crippen molar-refractivity contribution in [3.05, 3.63) is 34.9 Å². The molecular formula is C18H25ClN4O. The van der Waals surface area contributed by atoms with Gasteiger partial charge in [-0.25, -0.2) is 0 Å². The molecular weight excluding hydrogens is 324 g/mol. The molecule has 0 radical (unpaired) electrons. The van der Waals surface area contributed by atoms with Crippen LogP contribution in [0.2, 0.25) is 5.02 Å². The van der Waals surface area contributed by atoms with Gasteiger partial charge in [-0.1, -0.05) is 23.7 Å². The van der Waals surface area contributed by atoms with Gasteiger partial charge in [0.15, 0.2) is 5.96 Å². The Balaban J connectivity index is 1.57. The van der Waals surface area contributed by atoms with Crippen molar-refractivity contribution in [2.45, 2.75) is 38.3 Å². The van der Waals surface area contributed by atoms with E-state index < -0.39 is 0 Å². The number of aliphatic imine (C=N–C) groups is 1. The molecule has 2 fully saturated rings. The number of rotatable bonds is 3. The first kappa shape index (κ1) is 17.1. The summed E-state index contributed by atoms with van der Waals surface area (Å²) in [5, 5.41) is 4.15. The number of guanidine groups is 1. The molecule has 0 bridgehead atoms. The average Bonchev–Trinajstić information content (AvgIpc) is 3.36. The highest BCUT2D eigenvalue weighted by Gasteiger charge is 2.31. The van der Waals surface area contributed by atoms with Gasteiger partial charge < -0.3 is 15.1 Å². The van der Waals surface area contributed by atoms with Crippen molar-refractivity contribution in [1.29, 1.82) is 0 Å². The summed E-state index contributed by atoms with van der Waals surface area (Å²) in [5.41, 5.74) is 0.966. The van der Waals surface area contributed by atoms with Gasteiger partial charge in [0.05, 0.1) is 6.42 Å². The molecule has 0 spiro atoms. The van der Waals surface area contributed by atoms with Crippen LogP contribution in [0, 0.1) is 0 Å². The minimum atomic E-state index is 0.162. The maximum absolute atomic E-state index is 12.6. The fourth-order valence-corrected chi connectivity index (χ4v) is 3.36. The average molecular weight is 349 g/mol. The first-order valence-electron chi connectivity index (χ1n) is 8.59. The third-order valence-corrected chi connectivity index (χ3v) is 4.85. The molecule has 0 aromatic heterocycles. The fourth-order valence-electron chi connectivity index (χ4n) is 3.15. The maximum Gasteiger partial charge on any atom is 0.227 e. The second-order valence-corrected chi connectivity index (χ2v) is 7.09. The maximum atomic E-state index is 12.6. The Morgan fingerprint density at radius 3 is 2.79 bits per heavy atom. The van der Waals surface area contributed by atoms with Gasteiger partial charge in [-0.3, -0.25) is 9.79 Å². The van der Waals surface area contributed by atoms with Crippen LogP contribution in [0.1, 0.15) is 25.3 Å². The minimum absolute atomic E-state index is 0.162. The number of carbonyl (C=O) groups excluding carboxylic acids is 1. The summed E-state index contributed by atoms with van der Waals surface area (Å²) in [7, 11) is 1.83. The van der Waals surface area contributed by atoms with Crippen LogP contribution in [0.3, 0.4) is 0 Å². The summed E-state index contributed by atoms with van der Waals surface area (Å²) < 4.78 is 0. The van der Waals surface area contributed by atoms with Gasteiger partial charge in [0.2, 0.25) is 5.91 Å². The van der Waals surface area contributed by atoms with Crippen molar-refractivity contribution < 1.29 is 4.79 Å². The molecule has 1 N–H and O–H groups in total. The number of halogens is 1. The SMILES string of the molecule is CN=C(NC1CC1)N1CCN(C(=O)Cc2cccc(Cl)c2)C(C)C1. The first-order chi connectivity index (χ1) is 11.6. The normalized spacial score (nSPS) is 21.8. The fraction of sp³-hybridized carbons (Fsp3) is 0.556. The van der Waals surface area contributed by atoms with Crippen molar-refractivity contribution in [2.24, 2.45) is 4.99 Å². The molecule has 1 saturated heterocycles. The third-order valence-electron chi connectivity index (χ3n) is 4.61. The van der Waals surface area contributed by atoms with Gasteiger partial charge in [0.1, 0.15) is 0 Å². The minimum Gasteiger partial charge on any atom is -0.354 e. The van der Waals surface area contributed by atoms with E-state index in [2.05, 4.69) is 22.1 Å². The second kappa shape index (κ2) is 7.43. The number of hydrogen-bond acceptors (Lipinski definition) is 2. The lowest BCUT2D eigenvalue weighted by molar-refractivity contribution is -0.134. The van der Waals surface area contributed by atoms with Crippen LogP contribution in [0.4, 0.5) is 0 Å². The summed E-state index contributed by atoms with van der Waals surface area (Å²) in [6.45, 7) is 4.46. The van der Waals surface area contributed by atoms with E-state index in [9.17, 15) is 4.79 Å². The zero-order valence-corrected chi connectivity index (χ0v) is 15.1. The predicted octanol–water partition coefficient (Wildman–Crippen LogP) is 2.15. The number of amides is 1. The Morgan fingerprint density at radius 2 is 2.17 bits per heavy atom. The van der Waals surface area contributed by atoms with Gasteiger partial charge in [-0.05, 0) is 37.5 Å². The van der Waals surface area contributed by atoms with Crippen LogP contribution >= 0.6 is 11.6 Å². The van der Waals surface area contributed by atoms with Crippen molar-refractivity contribution in [3.8, 4) is 0 Å². The largest absolute Gasteiger partial charge is 0.354 e. The van der Waals surface area contributed by atoms with Gasteiger partial charge in [-0.15, -0.1) is 0 Å². The molecule has 1 aromatic rings. The number of nitrogens with zero attached hydrogens (tertiary/aromatic N) is 3. The van der Waals surface area contributed by atoms with Crippen molar-refractivity contribution in [1.82, 2.24) is 15.1 Å². The van der Waals surface area contributed by atoms with Gasteiger partial charge in [0.25, 0.3) is 0 Å². The quantitative estimate of drug-likeness (QED) is 0.672. The van der Waals surface area contributed by atoms with E-state index >= 15 is 0 Å². The van der Waals surface area contributed by atoms with E-state index in [-0.39, 0.29) is 11.9 Å². The topological polar surface area (TPSA) is 47.9 Å². The van der Waals surface area contributed by atoms with Crippen LogP contribution < -0.4 is 5.32 Å². The Hall–Kier alpha value is -1.75. The molecule has 1 heterocycles. The molecule has 1 saturated carbocycles. The van der Waals surface area contributed by atoms with Gasteiger partial charge >= 0.3 is 0 Å². The van der Waals surface area contributed by atoms with Crippen molar-refractivity contribution in [3.63, 3.8) is 0 Å². The highest BCUT2D eigenvalue weighted by atomic mass is 35.5. The Bertz CT molecular complexity index is 629. The molecule has 1 atom stereocenters. The lowest BCUT2D eigenvalue weighted by Crippen LogP contribution is -2.58. The number of benzene rings is 1. The van der Waals surface area contributed by atoms with Crippen LogP contribution in [0.25, 0.3) is 0 Å². The van der Waals surface area contributed by atoms with Crippen molar-refractivity contribution in [2.75, 3.05) is 26.7 Å². The highest BCUT2D eigenvalue weighted by Crippen LogP contribution is 2.20. The molecule has 1 aliphatic carbocycles. The summed E-state index contributed by atoms with van der Waals surface area (Å²) in [6.07, 6.45) is 2.86. The monoisotopic (exact) mass is 348 g/mol. The lowest BCUT2D eigenvalue weighted by atomic mass is 10.1. The van der Waals surface area contributed by atoms with Crippen LogP contribution in [-0.2, 0) is 11.2 Å². The lowest BCUT2D eigenvalue weighted by Gasteiger charge is -2.41. The molecule has 1 amide bonds. The zero-order chi connectivity index (χ0) is 17.1. The predicted molar refractivity (Wildman–Crippen MR) is 97.4 cm³/mol. The molecule has 1 unspecified atom stereocenters. The highest BCUT2D eigenvalue weighted by molar-refractivity contribution is 6.30. The van der Waals surface area contributed by atoms with E-state index in [4.69, 9.17) is 11.6 Å². The van der Waals surface area contributed by atoms with E-state index in [1.165, 1.54) is 12.8 Å². The van der Waals surface area contributed by atoms with E-state index in [0.29, 0.717) is 17.5 Å². The summed E-state index contributed by atoms with van der Waals surface area (Å²) in [6, 6.07) is 8.29.